The van der Waals surface area contributed by atoms with Crippen molar-refractivity contribution < 1.29 is 4.42 Å². The first-order valence-corrected chi connectivity index (χ1v) is 22.2. The lowest BCUT2D eigenvalue weighted by atomic mass is 9.81. The molecule has 3 nitrogen and oxygen atoms in total. The van der Waals surface area contributed by atoms with Crippen LogP contribution in [-0.4, -0.2) is 4.57 Å². The van der Waals surface area contributed by atoms with E-state index in [1.54, 1.807) is 0 Å². The Morgan fingerprint density at radius 1 is 0.375 bits per heavy atom. The summed E-state index contributed by atoms with van der Waals surface area (Å²) in [6, 6.07) is 79.6. The van der Waals surface area contributed by atoms with Gasteiger partial charge in [-0.15, -0.1) is 0 Å². The maximum atomic E-state index is 6.77. The Bertz CT molecular complexity index is 3800. The highest BCUT2D eigenvalue weighted by Gasteiger charge is 2.35. The maximum absolute atomic E-state index is 6.77. The van der Waals surface area contributed by atoms with Crippen LogP contribution in [0.2, 0.25) is 0 Å². The Hall–Kier alpha value is -8.14. The molecule has 0 saturated carbocycles. The van der Waals surface area contributed by atoms with Crippen molar-refractivity contribution in [1.29, 1.82) is 0 Å². The molecule has 0 fully saturated rings. The molecule has 0 N–H and O–H groups in total. The largest absolute Gasteiger partial charge is 0.455 e. The van der Waals surface area contributed by atoms with E-state index in [1.807, 2.05) is 0 Å². The molecule has 12 aromatic rings. The average Bonchev–Trinajstić information content (AvgIpc) is 3.98. The van der Waals surface area contributed by atoms with Gasteiger partial charge in [-0.3, -0.25) is 0 Å². The monoisotopic (exact) mass is 818 g/mol. The average molecular weight is 819 g/mol. The van der Waals surface area contributed by atoms with Crippen LogP contribution in [0.5, 0.6) is 0 Å². The molecule has 3 heteroatoms. The summed E-state index contributed by atoms with van der Waals surface area (Å²) < 4.78 is 9.16. The minimum Gasteiger partial charge on any atom is -0.455 e. The van der Waals surface area contributed by atoms with E-state index >= 15 is 0 Å². The highest BCUT2D eigenvalue weighted by molar-refractivity contribution is 6.17. The second-order valence-electron chi connectivity index (χ2n) is 17.7. The molecule has 13 rings (SSSR count). The fourth-order valence-corrected chi connectivity index (χ4v) is 10.6. The number of hydrogen-bond donors (Lipinski definition) is 0. The summed E-state index contributed by atoms with van der Waals surface area (Å²) in [7, 11) is 0. The molecule has 1 aliphatic carbocycles. The lowest BCUT2D eigenvalue weighted by Gasteiger charge is -2.26. The summed E-state index contributed by atoms with van der Waals surface area (Å²) in [4.78, 5) is 2.39. The minimum absolute atomic E-state index is 0.0595. The Kier molecular flexibility index (Phi) is 7.95. The second kappa shape index (κ2) is 13.9. The molecule has 2 heterocycles. The lowest BCUT2D eigenvalue weighted by Crippen LogP contribution is -2.14. The third kappa shape index (κ3) is 5.47. The summed E-state index contributed by atoms with van der Waals surface area (Å²) >= 11 is 0. The van der Waals surface area contributed by atoms with Crippen molar-refractivity contribution in [3.63, 3.8) is 0 Å². The molecule has 10 aromatic carbocycles. The van der Waals surface area contributed by atoms with Crippen molar-refractivity contribution in [2.24, 2.45) is 0 Å². The minimum atomic E-state index is -0.0595. The smallest absolute Gasteiger partial charge is 0.143 e. The zero-order valence-electron chi connectivity index (χ0n) is 35.6. The van der Waals surface area contributed by atoms with Gasteiger partial charge in [0.2, 0.25) is 0 Å². The van der Waals surface area contributed by atoms with Crippen molar-refractivity contribution in [3.8, 4) is 39.1 Å². The van der Waals surface area contributed by atoms with Crippen molar-refractivity contribution in [2.75, 3.05) is 4.90 Å². The van der Waals surface area contributed by atoms with E-state index < -0.39 is 0 Å². The van der Waals surface area contributed by atoms with Crippen LogP contribution in [-0.2, 0) is 5.41 Å². The molecule has 0 spiro atoms. The van der Waals surface area contributed by atoms with E-state index in [0.717, 1.165) is 66.7 Å². The van der Waals surface area contributed by atoms with Crippen LogP contribution in [0.4, 0.5) is 17.1 Å². The highest BCUT2D eigenvalue weighted by atomic mass is 16.3. The quantitative estimate of drug-likeness (QED) is 0.167. The van der Waals surface area contributed by atoms with Gasteiger partial charge < -0.3 is 13.9 Å². The molecular weight excluding hydrogens is 777 g/mol. The topological polar surface area (TPSA) is 21.3 Å². The van der Waals surface area contributed by atoms with Gasteiger partial charge in [-0.2, -0.15) is 0 Å². The van der Waals surface area contributed by atoms with Gasteiger partial charge in [0.1, 0.15) is 11.2 Å². The predicted molar refractivity (Wildman–Crippen MR) is 269 cm³/mol. The number of rotatable bonds is 6. The van der Waals surface area contributed by atoms with Crippen LogP contribution in [0, 0.1) is 0 Å². The zero-order valence-corrected chi connectivity index (χ0v) is 35.6. The first kappa shape index (κ1) is 36.5. The fourth-order valence-electron chi connectivity index (χ4n) is 10.6. The van der Waals surface area contributed by atoms with E-state index in [-0.39, 0.29) is 5.41 Å². The molecule has 0 amide bonds. The molecule has 302 valence electrons. The van der Waals surface area contributed by atoms with Gasteiger partial charge >= 0.3 is 0 Å². The number of para-hydroxylation sites is 3. The molecule has 0 radical (unpaired) electrons. The van der Waals surface area contributed by atoms with Gasteiger partial charge in [-0.25, -0.2) is 0 Å². The summed E-state index contributed by atoms with van der Waals surface area (Å²) in [6.07, 6.45) is 0. The molecule has 0 saturated heterocycles. The standard InChI is InChI=1S/C61H42N2O/c1-61(2)55-21-10-8-17-49(55)50-34-28-42(37-56(50)61)39-23-29-44(30-24-39)62(46-33-36-52-51-18-9-11-22-57(51)63(58(52)38-46)43-14-4-3-5-15-43)45-31-25-41(26-32-45)48-19-12-20-53-54-35-27-40-13-6-7-16-47(40)60(54)64-59(48)53/h3-38H,1-2H3. The lowest BCUT2D eigenvalue weighted by molar-refractivity contribution is 0.660. The Morgan fingerprint density at radius 3 is 1.80 bits per heavy atom. The molecular formula is C61H42N2O. The van der Waals surface area contributed by atoms with E-state index in [0.29, 0.717) is 0 Å². The van der Waals surface area contributed by atoms with Crippen LogP contribution in [0.3, 0.4) is 0 Å². The van der Waals surface area contributed by atoms with Crippen LogP contribution in [0.15, 0.2) is 223 Å². The predicted octanol–water partition coefficient (Wildman–Crippen LogP) is 16.9. The van der Waals surface area contributed by atoms with E-state index in [2.05, 4.69) is 242 Å². The highest BCUT2D eigenvalue weighted by Crippen LogP contribution is 2.50. The van der Waals surface area contributed by atoms with E-state index in [1.165, 1.54) is 55.1 Å². The van der Waals surface area contributed by atoms with Gasteiger partial charge in [0.05, 0.1) is 11.0 Å². The van der Waals surface area contributed by atoms with Gasteiger partial charge in [-0.05, 0) is 111 Å². The van der Waals surface area contributed by atoms with Crippen molar-refractivity contribution in [2.45, 2.75) is 19.3 Å². The number of hydrogen-bond acceptors (Lipinski definition) is 2. The van der Waals surface area contributed by atoms with Crippen molar-refractivity contribution >= 4 is 71.6 Å². The van der Waals surface area contributed by atoms with Gasteiger partial charge in [0.15, 0.2) is 0 Å². The summed E-state index contributed by atoms with van der Waals surface area (Å²) in [5.74, 6) is 0. The number of anilines is 3. The first-order chi connectivity index (χ1) is 31.5. The normalized spacial score (nSPS) is 13.0. The van der Waals surface area contributed by atoms with Crippen molar-refractivity contribution in [1.82, 2.24) is 4.57 Å². The van der Waals surface area contributed by atoms with E-state index in [9.17, 15) is 0 Å². The summed E-state index contributed by atoms with van der Waals surface area (Å²) in [5, 5.41) is 7.04. The Labute approximate surface area is 371 Å². The third-order valence-electron chi connectivity index (χ3n) is 13.8. The SMILES string of the molecule is CC1(C)c2ccccc2-c2ccc(-c3ccc(N(c4ccc(-c5cccc6c5oc5c7ccccc7ccc65)cc4)c4ccc5c6ccccc6n(-c6ccccc6)c5c4)cc3)cc21. The molecule has 0 bridgehead atoms. The van der Waals surface area contributed by atoms with Crippen LogP contribution in [0.1, 0.15) is 25.0 Å². The van der Waals surface area contributed by atoms with Gasteiger partial charge in [-0.1, -0.05) is 166 Å². The van der Waals surface area contributed by atoms with Crippen molar-refractivity contribution in [3.05, 3.63) is 230 Å². The maximum Gasteiger partial charge on any atom is 0.143 e. The molecule has 0 unspecified atom stereocenters. The van der Waals surface area contributed by atoms with Gasteiger partial charge in [0.25, 0.3) is 0 Å². The molecule has 0 atom stereocenters. The Morgan fingerprint density at radius 2 is 0.969 bits per heavy atom. The molecule has 2 aromatic heterocycles. The number of benzene rings is 10. The number of fused-ring (bicyclic) bond motifs is 11. The third-order valence-corrected chi connectivity index (χ3v) is 13.8. The Balaban J connectivity index is 0.945. The molecule has 64 heavy (non-hydrogen) atoms. The molecule has 0 aliphatic heterocycles. The number of nitrogens with zero attached hydrogens (tertiary/aromatic N) is 2. The van der Waals surface area contributed by atoms with Crippen LogP contribution >= 0.6 is 0 Å². The molecule has 1 aliphatic rings. The summed E-state index contributed by atoms with van der Waals surface area (Å²) in [6.45, 7) is 4.70. The number of aromatic nitrogens is 1. The van der Waals surface area contributed by atoms with Crippen LogP contribution < -0.4 is 4.90 Å². The zero-order chi connectivity index (χ0) is 42.5. The first-order valence-electron chi connectivity index (χ1n) is 22.2. The van der Waals surface area contributed by atoms with Crippen LogP contribution in [0.25, 0.3) is 93.6 Å². The summed E-state index contributed by atoms with van der Waals surface area (Å²) in [5.41, 5.74) is 18.6. The second-order valence-corrected chi connectivity index (χ2v) is 17.7. The van der Waals surface area contributed by atoms with E-state index in [4.69, 9.17) is 4.42 Å². The number of furan rings is 1. The van der Waals surface area contributed by atoms with Gasteiger partial charge in [0, 0.05) is 60.7 Å². The fraction of sp³-hybridized carbons (Fsp3) is 0.0492.